The molecule has 0 bridgehead atoms. The van der Waals surface area contributed by atoms with E-state index in [0.29, 0.717) is 11.9 Å². The molecule has 0 saturated carbocycles. The first-order valence-electron chi connectivity index (χ1n) is 7.98. The van der Waals surface area contributed by atoms with Gasteiger partial charge in [0.05, 0.1) is 6.04 Å². The van der Waals surface area contributed by atoms with E-state index >= 15 is 0 Å². The second-order valence-corrected chi connectivity index (χ2v) is 6.04. The average Bonchev–Trinajstić information content (AvgIpc) is 2.94. The number of rotatable bonds is 5. The van der Waals surface area contributed by atoms with Crippen LogP contribution in [0.3, 0.4) is 0 Å². The van der Waals surface area contributed by atoms with Gasteiger partial charge in [0.25, 0.3) is 0 Å². The van der Waals surface area contributed by atoms with Crippen molar-refractivity contribution in [3.05, 3.63) is 0 Å². The number of piperidine rings is 1. The molecule has 1 unspecified atom stereocenters. The normalized spacial score (nSPS) is 23.8. The van der Waals surface area contributed by atoms with Crippen LogP contribution in [-0.2, 0) is 4.79 Å². The lowest BCUT2D eigenvalue weighted by molar-refractivity contribution is -0.132. The van der Waals surface area contributed by atoms with Crippen LogP contribution < -0.4 is 5.32 Å². The molecule has 0 aromatic carbocycles. The quantitative estimate of drug-likeness (QED) is 0.819. The molecule has 0 aliphatic carbocycles. The van der Waals surface area contributed by atoms with E-state index in [-0.39, 0.29) is 6.04 Å². The van der Waals surface area contributed by atoms with Crippen molar-refractivity contribution < 1.29 is 4.79 Å². The maximum absolute atomic E-state index is 12.2. The zero-order valence-corrected chi connectivity index (χ0v) is 12.5. The number of nitrogens with one attached hydrogen (secondary N) is 1. The minimum absolute atomic E-state index is 0.0131. The molecule has 0 aromatic rings. The van der Waals surface area contributed by atoms with E-state index in [1.165, 1.54) is 51.7 Å². The number of likely N-dealkylation sites (tertiary alicyclic amines) is 2. The molecule has 4 heteroatoms. The number of amides is 1. The van der Waals surface area contributed by atoms with Crippen molar-refractivity contribution in [3.63, 3.8) is 0 Å². The SMILES string of the molecule is CCCN1CCC(NC(C)C(=O)N2CCCC2)CC1. The molecule has 2 aliphatic rings. The van der Waals surface area contributed by atoms with Gasteiger partial charge in [0, 0.05) is 19.1 Å². The molecule has 0 spiro atoms. The Bertz CT molecular complexity index is 281. The van der Waals surface area contributed by atoms with Crippen molar-refractivity contribution in [1.29, 1.82) is 0 Å². The Balaban J connectivity index is 1.71. The molecule has 2 saturated heterocycles. The predicted molar refractivity (Wildman–Crippen MR) is 78.2 cm³/mol. The summed E-state index contributed by atoms with van der Waals surface area (Å²) in [5, 5.41) is 3.54. The van der Waals surface area contributed by atoms with Gasteiger partial charge in [-0.3, -0.25) is 4.79 Å². The molecule has 2 aliphatic heterocycles. The standard InChI is InChI=1S/C15H29N3O/c1-3-8-17-11-6-14(7-12-17)16-13(2)15(19)18-9-4-5-10-18/h13-14,16H,3-12H2,1-2H3. The van der Waals surface area contributed by atoms with Gasteiger partial charge in [-0.05, 0) is 58.7 Å². The Morgan fingerprint density at radius 1 is 1.21 bits per heavy atom. The van der Waals surface area contributed by atoms with Crippen molar-refractivity contribution in [2.45, 2.75) is 58.0 Å². The largest absolute Gasteiger partial charge is 0.341 e. The van der Waals surface area contributed by atoms with Gasteiger partial charge in [0.1, 0.15) is 0 Å². The summed E-state index contributed by atoms with van der Waals surface area (Å²) >= 11 is 0. The summed E-state index contributed by atoms with van der Waals surface area (Å²) in [4.78, 5) is 16.8. The lowest BCUT2D eigenvalue weighted by atomic mass is 10.0. The Kier molecular flexibility index (Phi) is 5.64. The van der Waals surface area contributed by atoms with Gasteiger partial charge in [-0.15, -0.1) is 0 Å². The highest BCUT2D eigenvalue weighted by Crippen LogP contribution is 2.13. The first kappa shape index (κ1) is 14.8. The zero-order valence-electron chi connectivity index (χ0n) is 12.5. The van der Waals surface area contributed by atoms with Gasteiger partial charge in [0.2, 0.25) is 5.91 Å². The van der Waals surface area contributed by atoms with Crippen LogP contribution in [0.1, 0.15) is 46.0 Å². The first-order valence-corrected chi connectivity index (χ1v) is 7.98. The van der Waals surface area contributed by atoms with E-state index in [4.69, 9.17) is 0 Å². The molecule has 1 amide bonds. The third-order valence-corrected chi connectivity index (χ3v) is 4.40. The highest BCUT2D eigenvalue weighted by Gasteiger charge is 2.26. The van der Waals surface area contributed by atoms with E-state index in [1.807, 2.05) is 11.8 Å². The minimum atomic E-state index is -0.0131. The third kappa shape index (κ3) is 4.18. The summed E-state index contributed by atoms with van der Waals surface area (Å²) in [7, 11) is 0. The summed E-state index contributed by atoms with van der Waals surface area (Å²) in [5.41, 5.74) is 0. The molecule has 1 atom stereocenters. The van der Waals surface area contributed by atoms with Crippen LogP contribution in [0.5, 0.6) is 0 Å². The number of hydrogen-bond donors (Lipinski definition) is 1. The van der Waals surface area contributed by atoms with Crippen molar-refractivity contribution in [1.82, 2.24) is 15.1 Å². The highest BCUT2D eigenvalue weighted by atomic mass is 16.2. The fourth-order valence-electron chi connectivity index (χ4n) is 3.28. The van der Waals surface area contributed by atoms with E-state index in [2.05, 4.69) is 17.1 Å². The van der Waals surface area contributed by atoms with Crippen molar-refractivity contribution in [3.8, 4) is 0 Å². The van der Waals surface area contributed by atoms with Crippen LogP contribution in [0.4, 0.5) is 0 Å². The zero-order chi connectivity index (χ0) is 13.7. The molecule has 0 aromatic heterocycles. The van der Waals surface area contributed by atoms with Crippen LogP contribution >= 0.6 is 0 Å². The van der Waals surface area contributed by atoms with E-state index < -0.39 is 0 Å². The number of hydrogen-bond acceptors (Lipinski definition) is 3. The van der Waals surface area contributed by atoms with Crippen molar-refractivity contribution >= 4 is 5.91 Å². The molecule has 0 radical (unpaired) electrons. The topological polar surface area (TPSA) is 35.6 Å². The molecule has 2 heterocycles. The van der Waals surface area contributed by atoms with E-state index in [0.717, 1.165) is 13.1 Å². The Morgan fingerprint density at radius 3 is 2.42 bits per heavy atom. The van der Waals surface area contributed by atoms with Gasteiger partial charge in [-0.2, -0.15) is 0 Å². The van der Waals surface area contributed by atoms with E-state index in [9.17, 15) is 4.79 Å². The second-order valence-electron chi connectivity index (χ2n) is 6.04. The highest BCUT2D eigenvalue weighted by molar-refractivity contribution is 5.81. The molecule has 2 rings (SSSR count). The minimum Gasteiger partial charge on any atom is -0.341 e. The van der Waals surface area contributed by atoms with Crippen LogP contribution in [0.15, 0.2) is 0 Å². The van der Waals surface area contributed by atoms with Crippen LogP contribution in [0.25, 0.3) is 0 Å². The third-order valence-electron chi connectivity index (χ3n) is 4.40. The van der Waals surface area contributed by atoms with Gasteiger partial charge in [-0.25, -0.2) is 0 Å². The van der Waals surface area contributed by atoms with Crippen LogP contribution in [-0.4, -0.2) is 60.5 Å². The maximum atomic E-state index is 12.2. The Labute approximate surface area is 117 Å². The predicted octanol–water partition coefficient (Wildman–Crippen LogP) is 1.46. The molecule has 4 nitrogen and oxygen atoms in total. The van der Waals surface area contributed by atoms with Crippen LogP contribution in [0.2, 0.25) is 0 Å². The lowest BCUT2D eigenvalue weighted by Crippen LogP contribution is -2.51. The van der Waals surface area contributed by atoms with E-state index in [1.54, 1.807) is 0 Å². The van der Waals surface area contributed by atoms with Gasteiger partial charge < -0.3 is 15.1 Å². The maximum Gasteiger partial charge on any atom is 0.239 e. The summed E-state index contributed by atoms with van der Waals surface area (Å²) in [6.45, 7) is 9.75. The number of nitrogens with zero attached hydrogens (tertiary/aromatic N) is 2. The summed E-state index contributed by atoms with van der Waals surface area (Å²) in [6, 6.07) is 0.510. The fraction of sp³-hybridized carbons (Fsp3) is 0.933. The second kappa shape index (κ2) is 7.25. The number of carbonyl (C=O) groups is 1. The number of carbonyl (C=O) groups excluding carboxylic acids is 1. The first-order chi connectivity index (χ1) is 9.20. The molecule has 1 N–H and O–H groups in total. The molecule has 19 heavy (non-hydrogen) atoms. The summed E-state index contributed by atoms with van der Waals surface area (Å²) < 4.78 is 0. The van der Waals surface area contributed by atoms with Gasteiger partial charge in [-0.1, -0.05) is 6.92 Å². The van der Waals surface area contributed by atoms with Crippen LogP contribution in [0, 0.1) is 0 Å². The van der Waals surface area contributed by atoms with Crippen molar-refractivity contribution in [2.75, 3.05) is 32.7 Å². The summed E-state index contributed by atoms with van der Waals surface area (Å²) in [5.74, 6) is 0.300. The van der Waals surface area contributed by atoms with Gasteiger partial charge in [0.15, 0.2) is 0 Å². The van der Waals surface area contributed by atoms with Crippen molar-refractivity contribution in [2.24, 2.45) is 0 Å². The lowest BCUT2D eigenvalue weighted by Gasteiger charge is -2.34. The molecule has 110 valence electrons. The average molecular weight is 267 g/mol. The molecule has 2 fully saturated rings. The Hall–Kier alpha value is -0.610. The molecular formula is C15H29N3O. The Morgan fingerprint density at radius 2 is 1.84 bits per heavy atom. The van der Waals surface area contributed by atoms with Gasteiger partial charge >= 0.3 is 0 Å². The summed E-state index contributed by atoms with van der Waals surface area (Å²) in [6.07, 6.45) is 5.94. The monoisotopic (exact) mass is 267 g/mol. The molecular weight excluding hydrogens is 238 g/mol. The fourth-order valence-corrected chi connectivity index (χ4v) is 3.28. The smallest absolute Gasteiger partial charge is 0.239 e.